The van der Waals surface area contributed by atoms with E-state index in [1.807, 2.05) is 32.0 Å². The van der Waals surface area contributed by atoms with Crippen molar-refractivity contribution in [2.24, 2.45) is 5.10 Å². The minimum absolute atomic E-state index is 0.0268. The molecule has 0 radical (unpaired) electrons. The Morgan fingerprint density at radius 3 is 2.86 bits per heavy atom. The zero-order chi connectivity index (χ0) is 20.1. The lowest BCUT2D eigenvalue weighted by molar-refractivity contribution is -0.384. The molecule has 0 fully saturated rings. The summed E-state index contributed by atoms with van der Waals surface area (Å²) in [7, 11) is 0. The number of non-ortho nitro benzene ring substituents is 1. The second kappa shape index (κ2) is 8.62. The number of nitrogens with zero attached hydrogens (tertiary/aromatic N) is 3. The predicted octanol–water partition coefficient (Wildman–Crippen LogP) is 4.00. The highest BCUT2D eigenvalue weighted by Crippen LogP contribution is 2.28. The van der Waals surface area contributed by atoms with Crippen molar-refractivity contribution in [3.8, 4) is 0 Å². The van der Waals surface area contributed by atoms with Crippen LogP contribution in [0.1, 0.15) is 16.8 Å². The van der Waals surface area contributed by atoms with Gasteiger partial charge in [-0.15, -0.1) is 11.8 Å². The van der Waals surface area contributed by atoms with Crippen LogP contribution in [0.5, 0.6) is 0 Å². The third-order valence-corrected chi connectivity index (χ3v) is 4.95. The van der Waals surface area contributed by atoms with E-state index >= 15 is 0 Å². The highest BCUT2D eigenvalue weighted by atomic mass is 32.2. The molecule has 0 aliphatic heterocycles. The van der Waals surface area contributed by atoms with Crippen LogP contribution in [0.25, 0.3) is 10.9 Å². The number of thioether (sulfide) groups is 1. The van der Waals surface area contributed by atoms with Gasteiger partial charge in [0.1, 0.15) is 0 Å². The summed E-state index contributed by atoms with van der Waals surface area (Å²) in [6.07, 6.45) is 1.38. The van der Waals surface area contributed by atoms with Gasteiger partial charge in [-0.3, -0.25) is 19.9 Å². The Hall–Kier alpha value is -3.26. The molecule has 0 unspecified atom stereocenters. The fraction of sp³-hybridized carbons (Fsp3) is 0.150. The van der Waals surface area contributed by atoms with Crippen LogP contribution in [0.15, 0.2) is 58.5 Å². The maximum absolute atomic E-state index is 12.1. The average molecular weight is 394 g/mol. The molecule has 0 aliphatic rings. The van der Waals surface area contributed by atoms with Crippen molar-refractivity contribution in [1.29, 1.82) is 0 Å². The van der Waals surface area contributed by atoms with E-state index in [1.165, 1.54) is 30.1 Å². The fourth-order valence-electron chi connectivity index (χ4n) is 2.63. The minimum Gasteiger partial charge on any atom is -0.272 e. The van der Waals surface area contributed by atoms with Crippen molar-refractivity contribution in [2.75, 3.05) is 5.75 Å². The number of rotatable bonds is 6. The first-order valence-electron chi connectivity index (χ1n) is 8.49. The maximum Gasteiger partial charge on any atom is 0.270 e. The zero-order valence-corrected chi connectivity index (χ0v) is 16.2. The summed E-state index contributed by atoms with van der Waals surface area (Å²) in [5.41, 5.74) is 5.88. The number of hydrogen-bond donors (Lipinski definition) is 1. The first-order valence-corrected chi connectivity index (χ1v) is 9.48. The van der Waals surface area contributed by atoms with Crippen molar-refractivity contribution in [1.82, 2.24) is 10.4 Å². The van der Waals surface area contributed by atoms with Crippen LogP contribution < -0.4 is 5.43 Å². The molecular weight excluding hydrogens is 376 g/mol. The SMILES string of the molecule is Cc1ccc2nc(C)cc(SCC(=O)N/N=C/c3cccc([N+](=O)[O-])c3)c2c1. The molecule has 0 saturated carbocycles. The van der Waals surface area contributed by atoms with Gasteiger partial charge in [-0.25, -0.2) is 5.43 Å². The number of fused-ring (bicyclic) bond motifs is 1. The van der Waals surface area contributed by atoms with Crippen LogP contribution in [0, 0.1) is 24.0 Å². The van der Waals surface area contributed by atoms with Crippen LogP contribution in [0.2, 0.25) is 0 Å². The van der Waals surface area contributed by atoms with E-state index in [9.17, 15) is 14.9 Å². The number of pyridine rings is 1. The van der Waals surface area contributed by atoms with Gasteiger partial charge in [-0.05, 0) is 32.0 Å². The normalized spacial score (nSPS) is 11.1. The third kappa shape index (κ3) is 4.92. The van der Waals surface area contributed by atoms with Gasteiger partial charge >= 0.3 is 0 Å². The smallest absolute Gasteiger partial charge is 0.270 e. The number of hydrazone groups is 1. The van der Waals surface area contributed by atoms with Crippen LogP contribution in [0.3, 0.4) is 0 Å². The lowest BCUT2D eigenvalue weighted by Gasteiger charge is -2.08. The molecule has 1 N–H and O–H groups in total. The Morgan fingerprint density at radius 2 is 2.07 bits per heavy atom. The highest BCUT2D eigenvalue weighted by molar-refractivity contribution is 8.00. The van der Waals surface area contributed by atoms with Crippen LogP contribution in [0.4, 0.5) is 5.69 Å². The van der Waals surface area contributed by atoms with Gasteiger partial charge in [0.2, 0.25) is 5.91 Å². The molecule has 7 nitrogen and oxygen atoms in total. The summed E-state index contributed by atoms with van der Waals surface area (Å²) < 4.78 is 0. The lowest BCUT2D eigenvalue weighted by Crippen LogP contribution is -2.19. The molecule has 1 amide bonds. The standard InChI is InChI=1S/C20H18N4O3S/c1-13-6-7-18-17(8-13)19(9-14(2)22-18)28-12-20(25)23-21-11-15-4-3-5-16(10-15)24(26)27/h3-11H,12H2,1-2H3,(H,23,25)/b21-11+. The molecule has 0 atom stereocenters. The van der Waals surface area contributed by atoms with E-state index in [-0.39, 0.29) is 17.3 Å². The number of carbonyl (C=O) groups excluding carboxylic acids is 1. The van der Waals surface area contributed by atoms with Gasteiger partial charge in [0, 0.05) is 33.7 Å². The molecule has 0 aliphatic carbocycles. The summed E-state index contributed by atoms with van der Waals surface area (Å²) in [6, 6.07) is 14.0. The fourth-order valence-corrected chi connectivity index (χ4v) is 3.55. The van der Waals surface area contributed by atoms with Crippen LogP contribution in [-0.4, -0.2) is 27.8 Å². The first kappa shape index (κ1) is 19.5. The van der Waals surface area contributed by atoms with Crippen LogP contribution in [-0.2, 0) is 4.79 Å². The summed E-state index contributed by atoms with van der Waals surface area (Å²) in [5.74, 6) is -0.0689. The number of hydrogen-bond acceptors (Lipinski definition) is 6. The molecular formula is C20H18N4O3S. The van der Waals surface area contributed by atoms with Crippen molar-refractivity contribution in [3.63, 3.8) is 0 Å². The Morgan fingerprint density at radius 1 is 1.25 bits per heavy atom. The monoisotopic (exact) mass is 394 g/mol. The molecule has 1 aromatic heterocycles. The number of nitrogens with one attached hydrogen (secondary N) is 1. The summed E-state index contributed by atoms with van der Waals surface area (Å²) in [6.45, 7) is 3.94. The molecule has 2 aromatic carbocycles. The van der Waals surface area contributed by atoms with Gasteiger partial charge in [0.05, 0.1) is 22.4 Å². The predicted molar refractivity (Wildman–Crippen MR) is 111 cm³/mol. The number of carbonyl (C=O) groups is 1. The molecule has 8 heteroatoms. The highest BCUT2D eigenvalue weighted by Gasteiger charge is 2.08. The van der Waals surface area contributed by atoms with E-state index in [0.717, 1.165) is 27.1 Å². The van der Waals surface area contributed by atoms with Gasteiger partial charge in [0.15, 0.2) is 0 Å². The average Bonchev–Trinajstić information content (AvgIpc) is 2.66. The molecule has 0 bridgehead atoms. The number of nitro benzene ring substituents is 1. The second-order valence-corrected chi connectivity index (χ2v) is 7.23. The summed E-state index contributed by atoms with van der Waals surface area (Å²) in [4.78, 5) is 27.9. The largest absolute Gasteiger partial charge is 0.272 e. The quantitative estimate of drug-likeness (QED) is 0.295. The molecule has 0 spiro atoms. The van der Waals surface area contributed by atoms with Crippen LogP contribution >= 0.6 is 11.8 Å². The number of benzene rings is 2. The topological polar surface area (TPSA) is 97.5 Å². The lowest BCUT2D eigenvalue weighted by atomic mass is 10.1. The van der Waals surface area contributed by atoms with E-state index < -0.39 is 4.92 Å². The summed E-state index contributed by atoms with van der Waals surface area (Å²) >= 11 is 1.42. The Kier molecular flexibility index (Phi) is 6.00. The van der Waals surface area contributed by atoms with Crippen molar-refractivity contribution in [3.05, 3.63) is 75.5 Å². The zero-order valence-electron chi connectivity index (χ0n) is 15.4. The first-order chi connectivity index (χ1) is 13.4. The number of amides is 1. The number of nitro groups is 1. The minimum atomic E-state index is -0.477. The van der Waals surface area contributed by atoms with Crippen molar-refractivity contribution < 1.29 is 9.72 Å². The Bertz CT molecular complexity index is 1080. The van der Waals surface area contributed by atoms with Gasteiger partial charge in [0.25, 0.3) is 5.69 Å². The summed E-state index contributed by atoms with van der Waals surface area (Å²) in [5, 5.41) is 15.7. The van der Waals surface area contributed by atoms with E-state index in [2.05, 4.69) is 21.6 Å². The molecule has 1 heterocycles. The molecule has 142 valence electrons. The second-order valence-electron chi connectivity index (χ2n) is 6.22. The molecule has 0 saturated heterocycles. The van der Waals surface area contributed by atoms with Gasteiger partial charge < -0.3 is 0 Å². The van der Waals surface area contributed by atoms with E-state index in [1.54, 1.807) is 12.1 Å². The van der Waals surface area contributed by atoms with Gasteiger partial charge in [-0.2, -0.15) is 5.10 Å². The third-order valence-electron chi connectivity index (χ3n) is 3.90. The van der Waals surface area contributed by atoms with E-state index in [4.69, 9.17) is 0 Å². The number of aromatic nitrogens is 1. The van der Waals surface area contributed by atoms with Gasteiger partial charge in [-0.1, -0.05) is 23.8 Å². The number of aryl methyl sites for hydroxylation is 2. The Labute approximate surface area is 166 Å². The van der Waals surface area contributed by atoms with Crippen molar-refractivity contribution in [2.45, 2.75) is 18.7 Å². The molecule has 3 rings (SSSR count). The van der Waals surface area contributed by atoms with Crippen molar-refractivity contribution >= 4 is 40.5 Å². The molecule has 3 aromatic rings. The maximum atomic E-state index is 12.1. The Balaban J connectivity index is 1.63. The molecule has 28 heavy (non-hydrogen) atoms. The van der Waals surface area contributed by atoms with E-state index in [0.29, 0.717) is 5.56 Å².